The number of nitrogens with zero attached hydrogens (tertiary/aromatic N) is 2. The average molecular weight is 239 g/mol. The molecule has 0 spiro atoms. The predicted molar refractivity (Wildman–Crippen MR) is 62.0 cm³/mol. The van der Waals surface area contributed by atoms with Crippen LogP contribution in [-0.4, -0.2) is 21.3 Å². The van der Waals surface area contributed by atoms with Gasteiger partial charge >= 0.3 is 5.69 Å². The van der Waals surface area contributed by atoms with E-state index in [1.807, 2.05) is 0 Å². The van der Waals surface area contributed by atoms with Crippen LogP contribution in [0.15, 0.2) is 29.1 Å². The van der Waals surface area contributed by atoms with Gasteiger partial charge in [-0.3, -0.25) is 0 Å². The normalized spacial score (nSPS) is 10.6. The van der Waals surface area contributed by atoms with Gasteiger partial charge in [0.25, 0.3) is 0 Å². The van der Waals surface area contributed by atoms with Crippen molar-refractivity contribution >= 4 is 11.6 Å². The van der Waals surface area contributed by atoms with Gasteiger partial charge in [0.1, 0.15) is 5.82 Å². The summed E-state index contributed by atoms with van der Waals surface area (Å²) in [5, 5.41) is 6.95. The quantitative estimate of drug-likeness (QED) is 0.827. The Kier molecular flexibility index (Phi) is 3.07. The molecule has 16 heavy (non-hydrogen) atoms. The van der Waals surface area contributed by atoms with Gasteiger partial charge in [-0.25, -0.2) is 14.5 Å². The molecule has 0 unspecified atom stereocenters. The molecule has 0 amide bonds. The van der Waals surface area contributed by atoms with E-state index in [2.05, 4.69) is 10.2 Å². The molecule has 2 aromatic rings. The van der Waals surface area contributed by atoms with Crippen molar-refractivity contribution < 1.29 is 0 Å². The summed E-state index contributed by atoms with van der Waals surface area (Å²) in [5.74, 6) is 0.620. The van der Waals surface area contributed by atoms with E-state index in [1.165, 1.54) is 4.57 Å². The molecule has 0 bridgehead atoms. The van der Waals surface area contributed by atoms with Gasteiger partial charge in [-0.2, -0.15) is 5.10 Å². The summed E-state index contributed by atoms with van der Waals surface area (Å²) in [7, 11) is 0. The Morgan fingerprint density at radius 1 is 1.38 bits per heavy atom. The average Bonchev–Trinajstić information content (AvgIpc) is 2.62. The molecule has 0 radical (unpaired) electrons. The maximum atomic E-state index is 11.6. The number of rotatable bonds is 3. The monoisotopic (exact) mass is 238 g/mol. The fourth-order valence-corrected chi connectivity index (χ4v) is 1.61. The molecule has 1 heterocycles. The molecular weight excluding hydrogens is 228 g/mol. The van der Waals surface area contributed by atoms with Crippen molar-refractivity contribution in [1.29, 1.82) is 0 Å². The molecule has 1 aromatic heterocycles. The molecule has 0 aliphatic carbocycles. The Bertz CT molecular complexity index is 528. The van der Waals surface area contributed by atoms with E-state index in [0.29, 0.717) is 23.8 Å². The standard InChI is InChI=1S/C10H11ClN4O/c11-7-1-3-8(4-2-7)15-9(5-6-12)13-14-10(15)16/h1-4H,5-6,12H2,(H,14,16). The zero-order chi connectivity index (χ0) is 11.5. The van der Waals surface area contributed by atoms with E-state index in [1.54, 1.807) is 24.3 Å². The van der Waals surface area contributed by atoms with Gasteiger partial charge in [0, 0.05) is 11.4 Å². The summed E-state index contributed by atoms with van der Waals surface area (Å²) in [4.78, 5) is 11.6. The zero-order valence-corrected chi connectivity index (χ0v) is 9.24. The highest BCUT2D eigenvalue weighted by molar-refractivity contribution is 6.30. The van der Waals surface area contributed by atoms with E-state index >= 15 is 0 Å². The first-order valence-corrected chi connectivity index (χ1v) is 5.22. The summed E-state index contributed by atoms with van der Waals surface area (Å²) < 4.78 is 1.49. The number of halogens is 1. The van der Waals surface area contributed by atoms with Crippen LogP contribution in [0, 0.1) is 0 Å². The van der Waals surface area contributed by atoms with Crippen LogP contribution in [0.5, 0.6) is 0 Å². The molecule has 5 nitrogen and oxygen atoms in total. The molecule has 0 aliphatic heterocycles. The minimum Gasteiger partial charge on any atom is -0.330 e. The van der Waals surface area contributed by atoms with Crippen LogP contribution < -0.4 is 11.4 Å². The smallest absolute Gasteiger partial charge is 0.330 e. The van der Waals surface area contributed by atoms with Crippen LogP contribution in [0.3, 0.4) is 0 Å². The predicted octanol–water partition coefficient (Wildman–Crippen LogP) is 0.715. The molecule has 0 saturated carbocycles. The second-order valence-electron chi connectivity index (χ2n) is 3.30. The molecule has 6 heteroatoms. The first-order valence-electron chi connectivity index (χ1n) is 4.84. The summed E-state index contributed by atoms with van der Waals surface area (Å²) in [6.07, 6.45) is 0.543. The minimum atomic E-state index is -0.272. The first kappa shape index (κ1) is 10.9. The van der Waals surface area contributed by atoms with E-state index < -0.39 is 0 Å². The maximum absolute atomic E-state index is 11.6. The van der Waals surface area contributed by atoms with Crippen LogP contribution in [0.4, 0.5) is 0 Å². The second kappa shape index (κ2) is 4.51. The summed E-state index contributed by atoms with van der Waals surface area (Å²) in [6.45, 7) is 0.442. The Morgan fingerprint density at radius 2 is 2.06 bits per heavy atom. The fourth-order valence-electron chi connectivity index (χ4n) is 1.48. The van der Waals surface area contributed by atoms with Crippen molar-refractivity contribution in [3.05, 3.63) is 45.6 Å². The molecule has 0 saturated heterocycles. The van der Waals surface area contributed by atoms with Gasteiger partial charge < -0.3 is 5.73 Å². The van der Waals surface area contributed by atoms with Crippen LogP contribution in [0.2, 0.25) is 5.02 Å². The number of hydrogen-bond donors (Lipinski definition) is 2. The van der Waals surface area contributed by atoms with Crippen molar-refractivity contribution in [2.45, 2.75) is 6.42 Å². The third-order valence-electron chi connectivity index (χ3n) is 2.19. The van der Waals surface area contributed by atoms with E-state index in [4.69, 9.17) is 17.3 Å². The molecule has 1 aromatic carbocycles. The van der Waals surface area contributed by atoms with Crippen molar-refractivity contribution in [3.63, 3.8) is 0 Å². The Labute approximate surface area is 96.8 Å². The van der Waals surface area contributed by atoms with Crippen LogP contribution >= 0.6 is 11.6 Å². The van der Waals surface area contributed by atoms with Crippen molar-refractivity contribution in [3.8, 4) is 5.69 Å². The lowest BCUT2D eigenvalue weighted by atomic mass is 10.3. The van der Waals surface area contributed by atoms with Crippen molar-refractivity contribution in [2.24, 2.45) is 5.73 Å². The number of aromatic nitrogens is 3. The number of nitrogens with one attached hydrogen (secondary N) is 1. The highest BCUT2D eigenvalue weighted by atomic mass is 35.5. The van der Waals surface area contributed by atoms with Crippen LogP contribution in [-0.2, 0) is 6.42 Å². The number of hydrogen-bond acceptors (Lipinski definition) is 3. The molecular formula is C10H11ClN4O. The van der Waals surface area contributed by atoms with Gasteiger partial charge in [-0.1, -0.05) is 11.6 Å². The van der Waals surface area contributed by atoms with Crippen molar-refractivity contribution in [1.82, 2.24) is 14.8 Å². The lowest BCUT2D eigenvalue weighted by molar-refractivity contribution is 0.824. The summed E-state index contributed by atoms with van der Waals surface area (Å²) in [5.41, 5.74) is 5.91. The highest BCUT2D eigenvalue weighted by Gasteiger charge is 2.08. The molecule has 84 valence electrons. The third-order valence-corrected chi connectivity index (χ3v) is 2.45. The molecule has 0 aliphatic rings. The SMILES string of the molecule is NCCc1n[nH]c(=O)n1-c1ccc(Cl)cc1. The molecule has 0 fully saturated rings. The summed E-state index contributed by atoms with van der Waals surface area (Å²) in [6, 6.07) is 6.98. The number of H-pyrrole nitrogens is 1. The molecule has 0 atom stereocenters. The highest BCUT2D eigenvalue weighted by Crippen LogP contribution is 2.12. The number of aromatic amines is 1. The summed E-state index contributed by atoms with van der Waals surface area (Å²) >= 11 is 5.78. The van der Waals surface area contributed by atoms with Gasteiger partial charge in [0.2, 0.25) is 0 Å². The topological polar surface area (TPSA) is 76.7 Å². The van der Waals surface area contributed by atoms with E-state index in [-0.39, 0.29) is 5.69 Å². The lowest BCUT2D eigenvalue weighted by Gasteiger charge is -2.04. The van der Waals surface area contributed by atoms with Crippen LogP contribution in [0.25, 0.3) is 5.69 Å². The van der Waals surface area contributed by atoms with E-state index in [0.717, 1.165) is 5.69 Å². The largest absolute Gasteiger partial charge is 0.347 e. The van der Waals surface area contributed by atoms with E-state index in [9.17, 15) is 4.79 Å². The van der Waals surface area contributed by atoms with Crippen molar-refractivity contribution in [2.75, 3.05) is 6.54 Å². The van der Waals surface area contributed by atoms with Gasteiger partial charge in [-0.05, 0) is 30.8 Å². The zero-order valence-electron chi connectivity index (χ0n) is 8.48. The first-order chi connectivity index (χ1) is 7.72. The lowest BCUT2D eigenvalue weighted by Crippen LogP contribution is -2.18. The maximum Gasteiger partial charge on any atom is 0.347 e. The Balaban J connectivity index is 2.50. The van der Waals surface area contributed by atoms with Gasteiger partial charge in [0.15, 0.2) is 0 Å². The fraction of sp³-hybridized carbons (Fsp3) is 0.200. The number of nitrogens with two attached hydrogens (primary N) is 1. The molecule has 2 rings (SSSR count). The van der Waals surface area contributed by atoms with Gasteiger partial charge in [-0.15, -0.1) is 0 Å². The Hall–Kier alpha value is -1.59. The third kappa shape index (κ3) is 2.00. The minimum absolute atomic E-state index is 0.272. The second-order valence-corrected chi connectivity index (χ2v) is 3.73. The number of benzene rings is 1. The Morgan fingerprint density at radius 3 is 2.69 bits per heavy atom. The van der Waals surface area contributed by atoms with Gasteiger partial charge in [0.05, 0.1) is 5.69 Å². The molecule has 3 N–H and O–H groups in total. The van der Waals surface area contributed by atoms with Crippen LogP contribution in [0.1, 0.15) is 5.82 Å².